The Morgan fingerprint density at radius 1 is 1.32 bits per heavy atom. The lowest BCUT2D eigenvalue weighted by Crippen LogP contribution is -2.13. The van der Waals surface area contributed by atoms with E-state index in [0.717, 1.165) is 5.56 Å². The summed E-state index contributed by atoms with van der Waals surface area (Å²) in [6.45, 7) is 0. The van der Waals surface area contributed by atoms with Crippen LogP contribution >= 0.6 is 0 Å². The van der Waals surface area contributed by atoms with Gasteiger partial charge in [-0.2, -0.15) is 9.97 Å². The number of rotatable bonds is 5. The van der Waals surface area contributed by atoms with Crippen molar-refractivity contribution in [3.05, 3.63) is 29.8 Å². The van der Waals surface area contributed by atoms with Crippen LogP contribution in [-0.2, 0) is 11.2 Å². The van der Waals surface area contributed by atoms with E-state index in [1.54, 1.807) is 7.11 Å². The average molecular weight is 304 g/mol. The van der Waals surface area contributed by atoms with Crippen molar-refractivity contribution >= 4 is 17.5 Å². The number of aromatic hydroxyl groups is 2. The first-order valence-corrected chi connectivity index (χ1v) is 6.48. The number of benzene rings is 1. The maximum atomic E-state index is 11.9. The molecule has 8 heteroatoms. The first-order valence-electron chi connectivity index (χ1n) is 6.48. The van der Waals surface area contributed by atoms with Crippen LogP contribution in [0.5, 0.6) is 17.5 Å². The Morgan fingerprint density at radius 3 is 2.64 bits per heavy atom. The number of methoxy groups -OCH3 is 1. The molecule has 22 heavy (non-hydrogen) atoms. The van der Waals surface area contributed by atoms with Crippen molar-refractivity contribution in [1.82, 2.24) is 9.97 Å². The SMILES string of the molecule is COc1cccc(CCC(=O)Nc2c(O)nc(N)nc2O)c1. The molecule has 0 unspecified atom stereocenters. The molecule has 116 valence electrons. The first kappa shape index (κ1) is 15.4. The highest BCUT2D eigenvalue weighted by Crippen LogP contribution is 2.29. The van der Waals surface area contributed by atoms with Gasteiger partial charge in [0.25, 0.3) is 0 Å². The summed E-state index contributed by atoms with van der Waals surface area (Å²) in [5, 5.41) is 21.5. The lowest BCUT2D eigenvalue weighted by molar-refractivity contribution is -0.116. The Morgan fingerprint density at radius 2 is 2.00 bits per heavy atom. The molecule has 1 heterocycles. The molecular weight excluding hydrogens is 288 g/mol. The maximum absolute atomic E-state index is 11.9. The number of anilines is 2. The van der Waals surface area contributed by atoms with E-state index in [0.29, 0.717) is 12.2 Å². The summed E-state index contributed by atoms with van der Waals surface area (Å²) >= 11 is 0. The molecule has 1 amide bonds. The van der Waals surface area contributed by atoms with Gasteiger partial charge in [0.15, 0.2) is 5.69 Å². The smallest absolute Gasteiger partial charge is 0.244 e. The first-order chi connectivity index (χ1) is 10.5. The van der Waals surface area contributed by atoms with Crippen LogP contribution in [0.4, 0.5) is 11.6 Å². The minimum Gasteiger partial charge on any atom is -0.497 e. The van der Waals surface area contributed by atoms with Crippen LogP contribution < -0.4 is 15.8 Å². The zero-order valence-corrected chi connectivity index (χ0v) is 11.9. The van der Waals surface area contributed by atoms with Gasteiger partial charge >= 0.3 is 0 Å². The number of carbonyl (C=O) groups is 1. The quantitative estimate of drug-likeness (QED) is 0.649. The van der Waals surface area contributed by atoms with Crippen LogP contribution in [0.1, 0.15) is 12.0 Å². The second kappa shape index (κ2) is 6.61. The third-order valence-corrected chi connectivity index (χ3v) is 2.93. The standard InChI is InChI=1S/C14H16N4O4/c1-22-9-4-2-3-8(7-9)5-6-10(19)16-11-12(20)17-14(15)18-13(11)21/h2-4,7H,5-6H2,1H3,(H,16,19)(H4,15,17,18,20,21). The molecule has 0 bridgehead atoms. The summed E-state index contributed by atoms with van der Waals surface area (Å²) < 4.78 is 5.10. The number of nitrogens with one attached hydrogen (secondary N) is 1. The van der Waals surface area contributed by atoms with Gasteiger partial charge in [0, 0.05) is 6.42 Å². The molecule has 1 aromatic carbocycles. The van der Waals surface area contributed by atoms with Gasteiger partial charge in [-0.05, 0) is 24.1 Å². The molecular formula is C14H16N4O4. The highest BCUT2D eigenvalue weighted by molar-refractivity contribution is 5.93. The van der Waals surface area contributed by atoms with Crippen LogP contribution in [0.3, 0.4) is 0 Å². The fourth-order valence-electron chi connectivity index (χ4n) is 1.85. The van der Waals surface area contributed by atoms with Gasteiger partial charge in [0.1, 0.15) is 5.75 Å². The number of nitrogen functional groups attached to an aromatic ring is 1. The van der Waals surface area contributed by atoms with Crippen molar-refractivity contribution in [3.63, 3.8) is 0 Å². The summed E-state index contributed by atoms with van der Waals surface area (Å²) in [5.41, 5.74) is 5.92. The highest BCUT2D eigenvalue weighted by Gasteiger charge is 2.15. The number of ether oxygens (including phenoxy) is 1. The second-order valence-corrected chi connectivity index (χ2v) is 4.50. The molecule has 2 aromatic rings. The van der Waals surface area contributed by atoms with Crippen molar-refractivity contribution in [2.45, 2.75) is 12.8 Å². The molecule has 0 fully saturated rings. The zero-order valence-electron chi connectivity index (χ0n) is 11.9. The number of hydrogen-bond donors (Lipinski definition) is 4. The lowest BCUT2D eigenvalue weighted by Gasteiger charge is -2.08. The summed E-state index contributed by atoms with van der Waals surface area (Å²) in [5.74, 6) is -1.15. The minimum atomic E-state index is -0.584. The fraction of sp³-hybridized carbons (Fsp3) is 0.214. The summed E-state index contributed by atoms with van der Waals surface area (Å²) in [6.07, 6.45) is 0.622. The van der Waals surface area contributed by atoms with Crippen molar-refractivity contribution in [1.29, 1.82) is 0 Å². The van der Waals surface area contributed by atoms with Gasteiger partial charge in [-0.25, -0.2) is 0 Å². The van der Waals surface area contributed by atoms with E-state index in [1.165, 1.54) is 0 Å². The third-order valence-electron chi connectivity index (χ3n) is 2.93. The van der Waals surface area contributed by atoms with Crippen molar-refractivity contribution in [2.24, 2.45) is 0 Å². The molecule has 0 spiro atoms. The second-order valence-electron chi connectivity index (χ2n) is 4.50. The van der Waals surface area contributed by atoms with E-state index in [2.05, 4.69) is 15.3 Å². The molecule has 0 aliphatic heterocycles. The summed E-state index contributed by atoms with van der Waals surface area (Å²) in [4.78, 5) is 18.8. The minimum absolute atomic E-state index is 0.149. The molecule has 5 N–H and O–H groups in total. The zero-order chi connectivity index (χ0) is 16.1. The van der Waals surface area contributed by atoms with Gasteiger partial charge in [-0.15, -0.1) is 0 Å². The van der Waals surface area contributed by atoms with Gasteiger partial charge in [0.2, 0.25) is 23.6 Å². The Balaban J connectivity index is 1.99. The Labute approximate surface area is 126 Å². The predicted octanol–water partition coefficient (Wildman–Crippen LogP) is 1.05. The third kappa shape index (κ3) is 3.75. The molecule has 0 saturated carbocycles. The van der Waals surface area contributed by atoms with E-state index < -0.39 is 17.7 Å². The van der Waals surface area contributed by atoms with Crippen LogP contribution in [0.2, 0.25) is 0 Å². The molecule has 2 rings (SSSR count). The van der Waals surface area contributed by atoms with Gasteiger partial charge < -0.3 is 26.0 Å². The van der Waals surface area contributed by atoms with Crippen molar-refractivity contribution < 1.29 is 19.7 Å². The number of nitrogens with two attached hydrogens (primary N) is 1. The van der Waals surface area contributed by atoms with Gasteiger partial charge in [-0.3, -0.25) is 4.79 Å². The molecule has 0 aliphatic carbocycles. The van der Waals surface area contributed by atoms with E-state index >= 15 is 0 Å². The molecule has 0 aliphatic rings. The van der Waals surface area contributed by atoms with Crippen LogP contribution in [0.15, 0.2) is 24.3 Å². The van der Waals surface area contributed by atoms with Crippen LogP contribution in [0.25, 0.3) is 0 Å². The monoisotopic (exact) mass is 304 g/mol. The van der Waals surface area contributed by atoms with Crippen molar-refractivity contribution in [2.75, 3.05) is 18.2 Å². The Bertz CT molecular complexity index is 667. The van der Waals surface area contributed by atoms with E-state index in [1.807, 2.05) is 24.3 Å². The molecule has 0 radical (unpaired) electrons. The number of aryl methyl sites for hydroxylation is 1. The molecule has 0 saturated heterocycles. The number of nitrogens with zero attached hydrogens (tertiary/aromatic N) is 2. The maximum Gasteiger partial charge on any atom is 0.244 e. The number of amides is 1. The average Bonchev–Trinajstić information content (AvgIpc) is 2.49. The van der Waals surface area contributed by atoms with Gasteiger partial charge in [0.05, 0.1) is 7.11 Å². The topological polar surface area (TPSA) is 131 Å². The Kier molecular flexibility index (Phi) is 4.62. The largest absolute Gasteiger partial charge is 0.497 e. The lowest BCUT2D eigenvalue weighted by atomic mass is 10.1. The van der Waals surface area contributed by atoms with E-state index in [-0.39, 0.29) is 18.1 Å². The summed E-state index contributed by atoms with van der Waals surface area (Å²) in [7, 11) is 1.57. The van der Waals surface area contributed by atoms with Crippen molar-refractivity contribution in [3.8, 4) is 17.5 Å². The van der Waals surface area contributed by atoms with E-state index in [9.17, 15) is 15.0 Å². The van der Waals surface area contributed by atoms with Crippen LogP contribution in [0, 0.1) is 0 Å². The van der Waals surface area contributed by atoms with Gasteiger partial charge in [-0.1, -0.05) is 12.1 Å². The number of aromatic nitrogens is 2. The normalized spacial score (nSPS) is 10.2. The fourth-order valence-corrected chi connectivity index (χ4v) is 1.85. The molecule has 0 atom stereocenters. The van der Waals surface area contributed by atoms with Crippen LogP contribution in [-0.4, -0.2) is 33.2 Å². The summed E-state index contributed by atoms with van der Waals surface area (Å²) in [6, 6.07) is 7.34. The highest BCUT2D eigenvalue weighted by atomic mass is 16.5. The molecule has 1 aromatic heterocycles. The molecule has 8 nitrogen and oxygen atoms in total. The predicted molar refractivity (Wildman–Crippen MR) is 79.7 cm³/mol. The Hall–Kier alpha value is -3.03. The number of hydrogen-bond acceptors (Lipinski definition) is 7. The van der Waals surface area contributed by atoms with E-state index in [4.69, 9.17) is 10.5 Å². The number of carbonyl (C=O) groups excluding carboxylic acids is 1.